The fraction of sp³-hybridized carbons (Fsp3) is 0.303. The lowest BCUT2D eigenvalue weighted by molar-refractivity contribution is -0.122. The number of amides is 1. The van der Waals surface area contributed by atoms with Crippen molar-refractivity contribution in [2.45, 2.75) is 70.3 Å². The van der Waals surface area contributed by atoms with Crippen LogP contribution in [0.25, 0.3) is 5.69 Å². The third-order valence-electron chi connectivity index (χ3n) is 6.70. The van der Waals surface area contributed by atoms with Crippen molar-refractivity contribution in [2.75, 3.05) is 5.32 Å². The second-order valence-electron chi connectivity index (χ2n) is 12.0. The average molecular weight is 585 g/mol. The Bertz CT molecular complexity index is 1650. The van der Waals surface area contributed by atoms with E-state index in [4.69, 9.17) is 9.47 Å². The summed E-state index contributed by atoms with van der Waals surface area (Å²) in [7, 11) is 0. The first-order chi connectivity index (χ1) is 19.8. The maximum Gasteiger partial charge on any atom is 0.288 e. The van der Waals surface area contributed by atoms with E-state index in [0.29, 0.717) is 34.7 Å². The number of nitriles is 1. The number of nitrogens with zero attached hydrogens (tertiary/aromatic N) is 2. The number of hydrogen-bond donors (Lipinski definition) is 2. The van der Waals surface area contributed by atoms with Crippen LogP contribution in [-0.4, -0.2) is 21.8 Å². The zero-order valence-corrected chi connectivity index (χ0v) is 25.8. The van der Waals surface area contributed by atoms with Gasteiger partial charge in [0.1, 0.15) is 33.3 Å². The second-order valence-corrected chi connectivity index (χ2v) is 12.8. The lowest BCUT2D eigenvalue weighted by Gasteiger charge is -2.20. The number of anilines is 1. The van der Waals surface area contributed by atoms with Crippen LogP contribution in [0.15, 0.2) is 82.5 Å². The van der Waals surface area contributed by atoms with Gasteiger partial charge in [-0.25, -0.2) is 4.68 Å². The molecule has 42 heavy (non-hydrogen) atoms. The van der Waals surface area contributed by atoms with Crippen molar-refractivity contribution in [3.63, 3.8) is 0 Å². The molecular formula is C33H36N4O4S. The highest BCUT2D eigenvalue weighted by Gasteiger charge is 2.23. The van der Waals surface area contributed by atoms with Gasteiger partial charge in [-0.05, 0) is 77.0 Å². The lowest BCUT2D eigenvalue weighted by atomic mass is 9.87. The van der Waals surface area contributed by atoms with Crippen LogP contribution in [-0.2, 0) is 15.6 Å². The standard InChI is InChI=1S/C33H36N4O4S/c1-21(40-24-16-12-22(13-17-24)32(2,3)4)30(38)35-29-28(42-20-34)31(39)37(36-29)26-10-8-9-11-27(26)41-25-18-14-23(15-19-25)33(5,6)7/h8-19,21,36H,1-7H3,(H,35,38). The monoisotopic (exact) mass is 584 g/mol. The Hall–Kier alpha value is -4.42. The van der Waals surface area contributed by atoms with Crippen molar-refractivity contribution in [3.8, 4) is 28.3 Å². The molecule has 1 unspecified atom stereocenters. The molecule has 0 spiro atoms. The molecule has 4 rings (SSSR count). The molecule has 8 nitrogen and oxygen atoms in total. The molecule has 0 radical (unpaired) electrons. The number of hydrogen-bond acceptors (Lipinski definition) is 6. The summed E-state index contributed by atoms with van der Waals surface area (Å²) < 4.78 is 13.3. The Balaban J connectivity index is 1.57. The van der Waals surface area contributed by atoms with Gasteiger partial charge in [0, 0.05) is 0 Å². The molecule has 0 aliphatic heterocycles. The lowest BCUT2D eigenvalue weighted by Crippen LogP contribution is -2.30. The molecule has 0 aliphatic rings. The number of benzene rings is 3. The van der Waals surface area contributed by atoms with Crippen molar-refractivity contribution < 1.29 is 14.3 Å². The highest BCUT2D eigenvalue weighted by Crippen LogP contribution is 2.31. The van der Waals surface area contributed by atoms with Crippen LogP contribution >= 0.6 is 11.8 Å². The number of thioether (sulfide) groups is 1. The van der Waals surface area contributed by atoms with E-state index in [1.54, 1.807) is 31.2 Å². The number of ether oxygens (including phenoxy) is 2. The first-order valence-electron chi connectivity index (χ1n) is 13.6. The summed E-state index contributed by atoms with van der Waals surface area (Å²) in [4.78, 5) is 26.5. The summed E-state index contributed by atoms with van der Waals surface area (Å²) in [5.41, 5.74) is 2.24. The third kappa shape index (κ3) is 7.07. The van der Waals surface area contributed by atoms with Crippen LogP contribution in [0.4, 0.5) is 5.82 Å². The molecule has 2 N–H and O–H groups in total. The number of para-hydroxylation sites is 2. The number of nitrogens with one attached hydrogen (secondary N) is 2. The van der Waals surface area contributed by atoms with E-state index in [9.17, 15) is 14.9 Å². The molecule has 4 aromatic rings. The van der Waals surface area contributed by atoms with Crippen LogP contribution < -0.4 is 20.3 Å². The Morgan fingerprint density at radius 1 is 0.905 bits per heavy atom. The molecule has 0 saturated carbocycles. The van der Waals surface area contributed by atoms with Crippen molar-refractivity contribution in [2.24, 2.45) is 0 Å². The topological polar surface area (TPSA) is 109 Å². The summed E-state index contributed by atoms with van der Waals surface area (Å²) in [6, 6.07) is 22.4. The van der Waals surface area contributed by atoms with Gasteiger partial charge in [0.05, 0.1) is 0 Å². The van der Waals surface area contributed by atoms with Gasteiger partial charge >= 0.3 is 0 Å². The van der Waals surface area contributed by atoms with Crippen LogP contribution in [0.5, 0.6) is 17.2 Å². The zero-order valence-electron chi connectivity index (χ0n) is 24.9. The molecule has 0 fully saturated rings. The molecule has 1 aromatic heterocycles. The molecule has 0 bridgehead atoms. The number of aromatic amines is 1. The predicted octanol–water partition coefficient (Wildman–Crippen LogP) is 7.53. The first kappa shape index (κ1) is 30.5. The molecule has 1 atom stereocenters. The minimum absolute atomic E-state index is 0.00304. The van der Waals surface area contributed by atoms with Crippen LogP contribution in [0.3, 0.4) is 0 Å². The highest BCUT2D eigenvalue weighted by molar-refractivity contribution is 8.03. The highest BCUT2D eigenvalue weighted by atomic mass is 32.2. The van der Waals surface area contributed by atoms with E-state index >= 15 is 0 Å². The van der Waals surface area contributed by atoms with Gasteiger partial charge in [0.2, 0.25) is 0 Å². The van der Waals surface area contributed by atoms with Crippen LogP contribution in [0, 0.1) is 10.7 Å². The number of thiocyanates is 1. The summed E-state index contributed by atoms with van der Waals surface area (Å²) >= 11 is 0.664. The minimum Gasteiger partial charge on any atom is -0.481 e. The van der Waals surface area contributed by atoms with Gasteiger partial charge in [0.15, 0.2) is 11.9 Å². The molecule has 3 aromatic carbocycles. The fourth-order valence-corrected chi connectivity index (χ4v) is 4.68. The zero-order chi connectivity index (χ0) is 30.7. The predicted molar refractivity (Wildman–Crippen MR) is 167 cm³/mol. The fourth-order valence-electron chi connectivity index (χ4n) is 4.21. The van der Waals surface area contributed by atoms with E-state index in [1.807, 2.05) is 53.9 Å². The van der Waals surface area contributed by atoms with Crippen LogP contribution in [0.2, 0.25) is 0 Å². The molecule has 218 valence electrons. The van der Waals surface area contributed by atoms with Crippen LogP contribution in [0.1, 0.15) is 59.6 Å². The second kappa shape index (κ2) is 12.2. The number of rotatable bonds is 8. The number of aromatic nitrogens is 2. The SMILES string of the molecule is CC(Oc1ccc(C(C)(C)C)cc1)C(=O)Nc1[nH]n(-c2ccccc2Oc2ccc(C(C)(C)C)cc2)c(=O)c1SC#N. The van der Waals surface area contributed by atoms with Crippen molar-refractivity contribution >= 4 is 23.5 Å². The third-order valence-corrected chi connectivity index (χ3v) is 7.37. The van der Waals surface area contributed by atoms with E-state index < -0.39 is 17.6 Å². The average Bonchev–Trinajstić information content (AvgIpc) is 3.23. The summed E-state index contributed by atoms with van der Waals surface area (Å²) in [6.07, 6.45) is -0.871. The van der Waals surface area contributed by atoms with E-state index in [-0.39, 0.29) is 21.5 Å². The Labute approximate surface area is 250 Å². The first-order valence-corrected chi connectivity index (χ1v) is 14.5. The molecule has 0 saturated heterocycles. The van der Waals surface area contributed by atoms with Gasteiger partial charge in [-0.1, -0.05) is 77.9 Å². The van der Waals surface area contributed by atoms with Gasteiger partial charge in [0.25, 0.3) is 11.5 Å². The van der Waals surface area contributed by atoms with E-state index in [2.05, 4.69) is 52.0 Å². The Morgan fingerprint density at radius 2 is 1.45 bits per heavy atom. The van der Waals surface area contributed by atoms with Gasteiger partial charge in [-0.2, -0.15) is 5.26 Å². The largest absolute Gasteiger partial charge is 0.481 e. The molecule has 1 amide bonds. The maximum absolute atomic E-state index is 13.4. The molecular weight excluding hydrogens is 548 g/mol. The summed E-state index contributed by atoms with van der Waals surface area (Å²) in [5, 5.41) is 17.0. The number of H-pyrrole nitrogens is 1. The summed E-state index contributed by atoms with van der Waals surface area (Å²) in [6.45, 7) is 14.4. The summed E-state index contributed by atoms with van der Waals surface area (Å²) in [5.74, 6) is 1.19. The van der Waals surface area contributed by atoms with Crippen molar-refractivity contribution in [1.82, 2.24) is 9.78 Å². The quantitative estimate of drug-likeness (QED) is 0.164. The van der Waals surface area contributed by atoms with Crippen molar-refractivity contribution in [1.29, 1.82) is 5.26 Å². The van der Waals surface area contributed by atoms with Gasteiger partial charge in [-0.15, -0.1) is 0 Å². The number of carbonyl (C=O) groups is 1. The molecule has 1 heterocycles. The Kier molecular flexibility index (Phi) is 8.88. The minimum atomic E-state index is -0.871. The normalized spacial score (nSPS) is 12.3. The Morgan fingerprint density at radius 3 is 2.00 bits per heavy atom. The number of carbonyl (C=O) groups excluding carboxylic acids is 1. The molecule has 9 heteroatoms. The van der Waals surface area contributed by atoms with Gasteiger partial charge in [-0.3, -0.25) is 14.7 Å². The molecule has 0 aliphatic carbocycles. The van der Waals surface area contributed by atoms with Gasteiger partial charge < -0.3 is 14.8 Å². The smallest absolute Gasteiger partial charge is 0.288 e. The van der Waals surface area contributed by atoms with E-state index in [0.717, 1.165) is 5.56 Å². The van der Waals surface area contributed by atoms with E-state index in [1.165, 1.54) is 10.2 Å². The van der Waals surface area contributed by atoms with Crippen molar-refractivity contribution in [3.05, 3.63) is 94.3 Å². The maximum atomic E-state index is 13.4.